The Morgan fingerprint density at radius 3 is 1.74 bits per heavy atom. The average Bonchev–Trinajstić information content (AvgIpc) is 2.47. The molecule has 0 aliphatic heterocycles. The largest absolute Gasteiger partial charge is 0.478 e. The van der Waals surface area contributed by atoms with Gasteiger partial charge < -0.3 is 9.84 Å². The third-order valence-corrected chi connectivity index (χ3v) is 3.29. The van der Waals surface area contributed by atoms with Crippen LogP contribution in [0.5, 0.6) is 5.75 Å². The van der Waals surface area contributed by atoms with Crippen molar-refractivity contribution >= 4 is 5.97 Å². The van der Waals surface area contributed by atoms with Crippen molar-refractivity contribution in [2.75, 3.05) is 0 Å². The molecule has 23 heavy (non-hydrogen) atoms. The van der Waals surface area contributed by atoms with Crippen LogP contribution >= 0.6 is 0 Å². The van der Waals surface area contributed by atoms with Gasteiger partial charge >= 0.3 is 12.1 Å². The number of ether oxygens (including phenoxy) is 1. The van der Waals surface area contributed by atoms with Gasteiger partial charge in [-0.2, -0.15) is 13.2 Å². The summed E-state index contributed by atoms with van der Waals surface area (Å²) in [6.07, 6.45) is -4.36. The van der Waals surface area contributed by atoms with Gasteiger partial charge in [-0.1, -0.05) is 24.3 Å². The molecule has 0 aliphatic carbocycles. The molecule has 0 saturated heterocycles. The number of carbonyl (C=O) groups is 1. The van der Waals surface area contributed by atoms with E-state index in [4.69, 9.17) is 9.84 Å². The SMILES string of the molecule is CC(C)(Oc1ccc(-c2ccc(C(F)(F)F)cc2)cc1)C(=O)O. The predicted octanol–water partition coefficient (Wildman–Crippen LogP) is 4.61. The van der Waals surface area contributed by atoms with E-state index < -0.39 is 23.3 Å². The van der Waals surface area contributed by atoms with Crippen LogP contribution in [0.3, 0.4) is 0 Å². The van der Waals surface area contributed by atoms with Crippen molar-refractivity contribution in [2.24, 2.45) is 0 Å². The fourth-order valence-corrected chi connectivity index (χ4v) is 1.91. The van der Waals surface area contributed by atoms with Crippen LogP contribution in [0.4, 0.5) is 13.2 Å². The van der Waals surface area contributed by atoms with Crippen LogP contribution in [0, 0.1) is 0 Å². The van der Waals surface area contributed by atoms with E-state index in [1.54, 1.807) is 24.3 Å². The van der Waals surface area contributed by atoms with Crippen molar-refractivity contribution in [2.45, 2.75) is 25.6 Å². The maximum absolute atomic E-state index is 12.5. The van der Waals surface area contributed by atoms with E-state index in [1.165, 1.54) is 26.0 Å². The van der Waals surface area contributed by atoms with E-state index in [-0.39, 0.29) is 0 Å². The molecule has 0 bridgehead atoms. The number of carboxylic acids is 1. The van der Waals surface area contributed by atoms with Gasteiger partial charge in [-0.3, -0.25) is 0 Å². The van der Waals surface area contributed by atoms with E-state index in [0.717, 1.165) is 12.1 Å². The van der Waals surface area contributed by atoms with Crippen LogP contribution in [0.2, 0.25) is 0 Å². The number of hydrogen-bond acceptors (Lipinski definition) is 2. The molecule has 0 radical (unpaired) electrons. The maximum atomic E-state index is 12.5. The Labute approximate surface area is 131 Å². The lowest BCUT2D eigenvalue weighted by atomic mass is 10.0. The summed E-state index contributed by atoms with van der Waals surface area (Å²) >= 11 is 0. The quantitative estimate of drug-likeness (QED) is 0.893. The van der Waals surface area contributed by atoms with Crippen LogP contribution in [-0.2, 0) is 11.0 Å². The topological polar surface area (TPSA) is 46.5 Å². The van der Waals surface area contributed by atoms with Gasteiger partial charge in [0, 0.05) is 0 Å². The summed E-state index contributed by atoms with van der Waals surface area (Å²) in [5, 5.41) is 9.01. The minimum absolute atomic E-state index is 0.369. The van der Waals surface area contributed by atoms with Gasteiger partial charge in [-0.25, -0.2) is 4.79 Å². The second-order valence-electron chi connectivity index (χ2n) is 5.52. The van der Waals surface area contributed by atoms with E-state index >= 15 is 0 Å². The molecule has 2 aromatic carbocycles. The van der Waals surface area contributed by atoms with Gasteiger partial charge in [0.15, 0.2) is 5.60 Å². The van der Waals surface area contributed by atoms with Gasteiger partial charge in [0.2, 0.25) is 0 Å². The first kappa shape index (κ1) is 16.9. The van der Waals surface area contributed by atoms with Crippen molar-refractivity contribution in [3.05, 3.63) is 54.1 Å². The highest BCUT2D eigenvalue weighted by molar-refractivity contribution is 5.76. The molecule has 0 spiro atoms. The van der Waals surface area contributed by atoms with Crippen LogP contribution < -0.4 is 4.74 Å². The Kier molecular flexibility index (Phi) is 4.36. The van der Waals surface area contributed by atoms with E-state index in [0.29, 0.717) is 16.9 Å². The van der Waals surface area contributed by atoms with E-state index in [2.05, 4.69) is 0 Å². The zero-order valence-corrected chi connectivity index (χ0v) is 12.5. The lowest BCUT2D eigenvalue weighted by Crippen LogP contribution is -2.37. The first-order valence-corrected chi connectivity index (χ1v) is 6.80. The lowest BCUT2D eigenvalue weighted by molar-refractivity contribution is -0.152. The number of halogens is 3. The molecule has 0 saturated carbocycles. The molecule has 3 nitrogen and oxygen atoms in total. The Bertz CT molecular complexity index is 687. The average molecular weight is 324 g/mol. The lowest BCUT2D eigenvalue weighted by Gasteiger charge is -2.21. The number of hydrogen-bond donors (Lipinski definition) is 1. The number of aliphatic carboxylic acids is 1. The van der Waals surface area contributed by atoms with E-state index in [9.17, 15) is 18.0 Å². The zero-order chi connectivity index (χ0) is 17.3. The van der Waals surface area contributed by atoms with Gasteiger partial charge in [0.1, 0.15) is 5.75 Å². The first-order chi connectivity index (χ1) is 10.6. The molecule has 0 aromatic heterocycles. The monoisotopic (exact) mass is 324 g/mol. The van der Waals surface area contributed by atoms with Crippen LogP contribution in [0.15, 0.2) is 48.5 Å². The summed E-state index contributed by atoms with van der Waals surface area (Å²) in [4.78, 5) is 11.0. The molecule has 122 valence electrons. The molecule has 1 N–H and O–H groups in total. The van der Waals surface area contributed by atoms with Gasteiger partial charge in [-0.05, 0) is 49.2 Å². The second-order valence-corrected chi connectivity index (χ2v) is 5.52. The standard InChI is InChI=1S/C17H15F3O3/c1-16(2,15(21)22)23-14-9-5-12(6-10-14)11-3-7-13(8-4-11)17(18,19)20/h3-10H,1-2H3,(H,21,22). The molecule has 2 aromatic rings. The molecule has 0 amide bonds. The smallest absolute Gasteiger partial charge is 0.416 e. The Hall–Kier alpha value is -2.50. The second kappa shape index (κ2) is 5.95. The summed E-state index contributed by atoms with van der Waals surface area (Å²) in [5.74, 6) is -0.725. The highest BCUT2D eigenvalue weighted by Crippen LogP contribution is 2.31. The fourth-order valence-electron chi connectivity index (χ4n) is 1.91. The molecule has 6 heteroatoms. The van der Waals surface area contributed by atoms with Crippen molar-refractivity contribution in [1.29, 1.82) is 0 Å². The maximum Gasteiger partial charge on any atom is 0.416 e. The molecular weight excluding hydrogens is 309 g/mol. The van der Waals surface area contributed by atoms with Gasteiger partial charge in [0.25, 0.3) is 0 Å². The molecule has 0 atom stereocenters. The molecule has 0 unspecified atom stereocenters. The number of rotatable bonds is 4. The van der Waals surface area contributed by atoms with Crippen molar-refractivity contribution in [3.8, 4) is 16.9 Å². The predicted molar refractivity (Wildman–Crippen MR) is 79.2 cm³/mol. The Balaban J connectivity index is 2.18. The minimum Gasteiger partial charge on any atom is -0.478 e. The summed E-state index contributed by atoms with van der Waals surface area (Å²) < 4.78 is 43.0. The Morgan fingerprint density at radius 2 is 1.35 bits per heavy atom. The molecule has 0 fully saturated rings. The summed E-state index contributed by atoms with van der Waals surface area (Å²) in [5.41, 5.74) is -0.735. The highest BCUT2D eigenvalue weighted by atomic mass is 19.4. The first-order valence-electron chi connectivity index (χ1n) is 6.80. The third kappa shape index (κ3) is 4.03. The fraction of sp³-hybridized carbons (Fsp3) is 0.235. The third-order valence-electron chi connectivity index (χ3n) is 3.29. The highest BCUT2D eigenvalue weighted by Gasteiger charge is 2.30. The van der Waals surface area contributed by atoms with Crippen molar-refractivity contribution < 1.29 is 27.8 Å². The summed E-state index contributed by atoms with van der Waals surface area (Å²) in [7, 11) is 0. The molecule has 0 heterocycles. The molecule has 2 rings (SSSR count). The normalized spacial score (nSPS) is 12.0. The summed E-state index contributed by atoms with van der Waals surface area (Å²) in [6.45, 7) is 2.86. The van der Waals surface area contributed by atoms with Gasteiger partial charge in [-0.15, -0.1) is 0 Å². The Morgan fingerprint density at radius 1 is 0.913 bits per heavy atom. The van der Waals surface area contributed by atoms with Gasteiger partial charge in [0.05, 0.1) is 5.56 Å². The zero-order valence-electron chi connectivity index (χ0n) is 12.5. The van der Waals surface area contributed by atoms with Crippen LogP contribution in [0.25, 0.3) is 11.1 Å². The number of benzene rings is 2. The van der Waals surface area contributed by atoms with Crippen molar-refractivity contribution in [1.82, 2.24) is 0 Å². The summed E-state index contributed by atoms with van der Waals surface area (Å²) in [6, 6.07) is 11.3. The van der Waals surface area contributed by atoms with Crippen LogP contribution in [0.1, 0.15) is 19.4 Å². The van der Waals surface area contributed by atoms with Crippen LogP contribution in [-0.4, -0.2) is 16.7 Å². The number of alkyl halides is 3. The molecule has 0 aliphatic rings. The van der Waals surface area contributed by atoms with E-state index in [1.807, 2.05) is 0 Å². The minimum atomic E-state index is -4.36. The van der Waals surface area contributed by atoms with Crippen molar-refractivity contribution in [3.63, 3.8) is 0 Å². The number of carboxylic acid groups (broad SMARTS) is 1. The molecular formula is C17H15F3O3.